The first-order valence-electron chi connectivity index (χ1n) is 11.7. The van der Waals surface area contributed by atoms with Gasteiger partial charge >= 0.3 is 0 Å². The summed E-state index contributed by atoms with van der Waals surface area (Å²) in [6.45, 7) is 1.45. The molecule has 2 amide bonds. The van der Waals surface area contributed by atoms with Crippen molar-refractivity contribution in [2.45, 2.75) is 12.5 Å². The molecule has 0 N–H and O–H groups in total. The molecular weight excluding hydrogens is 500 g/mol. The van der Waals surface area contributed by atoms with Crippen LogP contribution in [-0.4, -0.2) is 68.7 Å². The topological polar surface area (TPSA) is 68.3 Å². The van der Waals surface area contributed by atoms with E-state index in [1.807, 2.05) is 22.4 Å². The van der Waals surface area contributed by atoms with Crippen LogP contribution in [0.1, 0.15) is 26.8 Å². The zero-order valence-electron chi connectivity index (χ0n) is 20.3. The second-order valence-corrected chi connectivity index (χ2v) is 9.80. The molecule has 36 heavy (non-hydrogen) atoms. The number of halogens is 1. The van der Waals surface area contributed by atoms with Crippen LogP contribution in [0.3, 0.4) is 0 Å². The summed E-state index contributed by atoms with van der Waals surface area (Å²) in [5.41, 5.74) is 1.58. The van der Waals surface area contributed by atoms with Gasteiger partial charge in [0.2, 0.25) is 5.91 Å². The lowest BCUT2D eigenvalue weighted by atomic mass is 10.0. The van der Waals surface area contributed by atoms with Crippen LogP contribution in [0.2, 0.25) is 5.02 Å². The van der Waals surface area contributed by atoms with Crippen LogP contribution in [-0.2, 0) is 16.0 Å². The molecule has 1 atom stereocenters. The van der Waals surface area contributed by atoms with Crippen LogP contribution < -0.4 is 9.47 Å². The lowest BCUT2D eigenvalue weighted by Gasteiger charge is -2.37. The number of carbonyl (C=O) groups excluding carboxylic acids is 2. The quantitative estimate of drug-likeness (QED) is 0.381. The smallest absolute Gasteiger partial charge is 0.254 e. The van der Waals surface area contributed by atoms with Crippen molar-refractivity contribution >= 4 is 34.8 Å². The Morgan fingerprint density at radius 3 is 2.47 bits per heavy atom. The number of benzene rings is 2. The highest BCUT2D eigenvalue weighted by atomic mass is 35.5. The van der Waals surface area contributed by atoms with Gasteiger partial charge in [-0.1, -0.05) is 11.6 Å². The van der Waals surface area contributed by atoms with Gasteiger partial charge in [0.25, 0.3) is 5.91 Å². The maximum Gasteiger partial charge on any atom is 0.254 e. The zero-order chi connectivity index (χ0) is 25.5. The molecule has 2 aromatic carbocycles. The third-order valence-corrected chi connectivity index (χ3v) is 7.40. The van der Waals surface area contributed by atoms with Crippen molar-refractivity contribution in [3.05, 3.63) is 81.0 Å². The fraction of sp³-hybridized carbons (Fsp3) is 0.333. The number of hydrogen-bond donors (Lipinski definition) is 0. The Morgan fingerprint density at radius 2 is 1.78 bits per heavy atom. The van der Waals surface area contributed by atoms with Crippen LogP contribution >= 0.6 is 22.9 Å². The van der Waals surface area contributed by atoms with E-state index in [1.165, 1.54) is 9.78 Å². The van der Waals surface area contributed by atoms with E-state index in [-0.39, 0.29) is 24.4 Å². The summed E-state index contributed by atoms with van der Waals surface area (Å²) in [5, 5.41) is 2.68. The zero-order valence-corrected chi connectivity index (χ0v) is 21.9. The summed E-state index contributed by atoms with van der Waals surface area (Å²) in [4.78, 5) is 31.5. The third-order valence-electron chi connectivity index (χ3n) is 6.15. The van der Waals surface area contributed by atoms with Crippen molar-refractivity contribution in [3.8, 4) is 11.5 Å². The molecule has 0 radical (unpaired) electrons. The van der Waals surface area contributed by atoms with Crippen molar-refractivity contribution in [1.29, 1.82) is 0 Å². The van der Waals surface area contributed by atoms with Gasteiger partial charge in [-0.25, -0.2) is 0 Å². The average Bonchev–Trinajstić information content (AvgIpc) is 3.39. The predicted octanol–water partition coefficient (Wildman–Crippen LogP) is 4.70. The van der Waals surface area contributed by atoms with Gasteiger partial charge in [-0.15, -0.1) is 11.3 Å². The summed E-state index contributed by atoms with van der Waals surface area (Å²) >= 11 is 7.69. The van der Waals surface area contributed by atoms with Gasteiger partial charge in [-0.05, 0) is 72.0 Å². The molecule has 1 aromatic heterocycles. The first-order chi connectivity index (χ1) is 17.5. The van der Waals surface area contributed by atoms with E-state index in [0.29, 0.717) is 48.4 Å². The number of ether oxygens (including phenoxy) is 3. The summed E-state index contributed by atoms with van der Waals surface area (Å²) in [5.74, 6) is 0.986. The van der Waals surface area contributed by atoms with Crippen LogP contribution in [0.25, 0.3) is 0 Å². The van der Waals surface area contributed by atoms with Crippen LogP contribution in [0.4, 0.5) is 0 Å². The summed E-state index contributed by atoms with van der Waals surface area (Å²) in [6.07, 6.45) is 0.778. The first kappa shape index (κ1) is 26.0. The Kier molecular flexibility index (Phi) is 8.85. The number of methoxy groups -OCH3 is 2. The van der Waals surface area contributed by atoms with Gasteiger partial charge in [-0.2, -0.15) is 0 Å². The second kappa shape index (κ2) is 12.3. The molecule has 0 unspecified atom stereocenters. The predicted molar refractivity (Wildman–Crippen MR) is 140 cm³/mol. The second-order valence-electron chi connectivity index (χ2n) is 8.36. The van der Waals surface area contributed by atoms with E-state index < -0.39 is 0 Å². The molecular formula is C27H29ClN2O5S. The van der Waals surface area contributed by atoms with Gasteiger partial charge in [0.15, 0.2) is 0 Å². The molecule has 0 fully saturated rings. The van der Waals surface area contributed by atoms with Crippen molar-refractivity contribution in [2.24, 2.45) is 0 Å². The van der Waals surface area contributed by atoms with Crippen molar-refractivity contribution in [1.82, 2.24) is 9.80 Å². The number of thiophene rings is 1. The van der Waals surface area contributed by atoms with E-state index in [4.69, 9.17) is 25.8 Å². The van der Waals surface area contributed by atoms with E-state index >= 15 is 0 Å². The molecule has 9 heteroatoms. The Bertz CT molecular complexity index is 1170. The minimum atomic E-state index is -0.247. The number of nitrogens with zero attached hydrogens (tertiary/aromatic N) is 2. The number of amides is 2. The van der Waals surface area contributed by atoms with Gasteiger partial charge in [0.05, 0.1) is 19.8 Å². The molecule has 3 aromatic rings. The maximum absolute atomic E-state index is 13.6. The number of carbonyl (C=O) groups is 2. The number of hydrogen-bond acceptors (Lipinski definition) is 6. The van der Waals surface area contributed by atoms with Crippen LogP contribution in [0.15, 0.2) is 60.0 Å². The van der Waals surface area contributed by atoms with E-state index in [2.05, 4.69) is 6.07 Å². The lowest BCUT2D eigenvalue weighted by molar-refractivity contribution is -0.135. The Morgan fingerprint density at radius 1 is 1.06 bits per heavy atom. The molecule has 7 nitrogen and oxygen atoms in total. The molecule has 0 aliphatic carbocycles. The van der Waals surface area contributed by atoms with Gasteiger partial charge < -0.3 is 24.0 Å². The molecule has 0 bridgehead atoms. The summed E-state index contributed by atoms with van der Waals surface area (Å²) in [6, 6.07) is 15.8. The highest BCUT2D eigenvalue weighted by Crippen LogP contribution is 2.34. The normalized spacial score (nSPS) is 14.8. The summed E-state index contributed by atoms with van der Waals surface area (Å²) < 4.78 is 16.5. The molecule has 0 spiro atoms. The summed E-state index contributed by atoms with van der Waals surface area (Å²) in [7, 11) is 3.15. The molecule has 4 rings (SSSR count). The number of rotatable bonds is 10. The first-order valence-corrected chi connectivity index (χ1v) is 12.9. The molecule has 190 valence electrons. The van der Waals surface area contributed by atoms with E-state index in [9.17, 15) is 9.59 Å². The van der Waals surface area contributed by atoms with Gasteiger partial charge in [0.1, 0.15) is 24.7 Å². The fourth-order valence-electron chi connectivity index (χ4n) is 4.20. The van der Waals surface area contributed by atoms with Crippen LogP contribution in [0, 0.1) is 0 Å². The SMILES string of the molecule is COCCN(CC(=O)N1CCc2sccc2[C@H]1COc1ccc(Cl)cc1)C(=O)c1ccc(OC)cc1. The Balaban J connectivity index is 1.51. The molecule has 0 saturated heterocycles. The van der Waals surface area contributed by atoms with E-state index in [1.54, 1.807) is 62.0 Å². The minimum absolute atomic E-state index is 0.0505. The molecule has 1 aliphatic rings. The number of fused-ring (bicyclic) bond motifs is 1. The molecule has 1 aliphatic heterocycles. The largest absolute Gasteiger partial charge is 0.497 e. The highest BCUT2D eigenvalue weighted by molar-refractivity contribution is 7.10. The van der Waals surface area contributed by atoms with Gasteiger partial charge in [-0.3, -0.25) is 9.59 Å². The average molecular weight is 529 g/mol. The van der Waals surface area contributed by atoms with Crippen molar-refractivity contribution < 1.29 is 23.8 Å². The maximum atomic E-state index is 13.6. The fourth-order valence-corrected chi connectivity index (χ4v) is 5.26. The van der Waals surface area contributed by atoms with Gasteiger partial charge in [0, 0.05) is 35.7 Å². The monoisotopic (exact) mass is 528 g/mol. The van der Waals surface area contributed by atoms with Crippen molar-refractivity contribution in [3.63, 3.8) is 0 Å². The Labute approximate surface area is 220 Å². The lowest BCUT2D eigenvalue weighted by Crippen LogP contribution is -2.48. The highest BCUT2D eigenvalue weighted by Gasteiger charge is 2.33. The van der Waals surface area contributed by atoms with E-state index in [0.717, 1.165) is 12.0 Å². The Hall–Kier alpha value is -3.07. The standard InChI is InChI=1S/C27H29ClN2O5S/c1-33-15-14-29(27(32)19-3-7-21(34-2)8-4-19)17-26(31)30-13-11-25-23(12-16-36-25)24(30)18-35-22-9-5-20(28)6-10-22/h3-10,12,16,24H,11,13-15,17-18H2,1-2H3/t24-/m1/s1. The van der Waals surface area contributed by atoms with Crippen LogP contribution in [0.5, 0.6) is 11.5 Å². The van der Waals surface area contributed by atoms with Crippen molar-refractivity contribution in [2.75, 3.05) is 47.1 Å². The third kappa shape index (κ3) is 6.19. The molecule has 0 saturated carbocycles. The molecule has 2 heterocycles. The minimum Gasteiger partial charge on any atom is -0.497 e.